The summed E-state index contributed by atoms with van der Waals surface area (Å²) in [6.07, 6.45) is 4.18. The molecule has 9 heteroatoms. The van der Waals surface area contributed by atoms with E-state index in [1.165, 1.54) is 22.2 Å². The van der Waals surface area contributed by atoms with Crippen molar-refractivity contribution in [3.8, 4) is 16.6 Å². The first-order valence-corrected chi connectivity index (χ1v) is 8.65. The largest absolute Gasteiger partial charge is 0.432 e. The van der Waals surface area contributed by atoms with E-state index >= 15 is 0 Å². The Kier molecular flexibility index (Phi) is 4.05. The molecule has 0 aliphatic carbocycles. The SMILES string of the molecule is Cc1csc(-c2ncc(OC(=O)Nn3ccc4cccnc43)c(C)n2)n1. The minimum Gasteiger partial charge on any atom is -0.406 e. The van der Waals surface area contributed by atoms with Crippen molar-refractivity contribution in [1.29, 1.82) is 0 Å². The van der Waals surface area contributed by atoms with Gasteiger partial charge < -0.3 is 4.74 Å². The number of hydrogen-bond acceptors (Lipinski definition) is 7. The van der Waals surface area contributed by atoms with Gasteiger partial charge in [-0.1, -0.05) is 0 Å². The van der Waals surface area contributed by atoms with Crippen molar-refractivity contribution in [2.45, 2.75) is 13.8 Å². The highest BCUT2D eigenvalue weighted by Gasteiger charge is 2.13. The summed E-state index contributed by atoms with van der Waals surface area (Å²) in [6, 6.07) is 5.59. The number of hydrogen-bond donors (Lipinski definition) is 1. The predicted molar refractivity (Wildman–Crippen MR) is 97.7 cm³/mol. The molecule has 0 saturated heterocycles. The van der Waals surface area contributed by atoms with E-state index in [4.69, 9.17) is 4.74 Å². The van der Waals surface area contributed by atoms with Crippen LogP contribution in [0.2, 0.25) is 0 Å². The number of carbonyl (C=O) groups excluding carboxylic acids is 1. The zero-order chi connectivity index (χ0) is 18.1. The van der Waals surface area contributed by atoms with Crippen molar-refractivity contribution in [3.63, 3.8) is 0 Å². The molecule has 0 unspecified atom stereocenters. The van der Waals surface area contributed by atoms with E-state index in [-0.39, 0.29) is 5.75 Å². The number of aryl methyl sites for hydroxylation is 2. The molecule has 0 spiro atoms. The summed E-state index contributed by atoms with van der Waals surface area (Å²) in [4.78, 5) is 29.4. The molecular weight excluding hydrogens is 352 g/mol. The fourth-order valence-corrected chi connectivity index (χ4v) is 3.13. The maximum atomic E-state index is 12.2. The number of amides is 1. The van der Waals surface area contributed by atoms with Gasteiger partial charge in [-0.3, -0.25) is 0 Å². The summed E-state index contributed by atoms with van der Waals surface area (Å²) < 4.78 is 6.82. The van der Waals surface area contributed by atoms with Gasteiger partial charge in [0.05, 0.1) is 11.9 Å². The van der Waals surface area contributed by atoms with Crippen molar-refractivity contribution < 1.29 is 9.53 Å². The number of aromatic nitrogens is 5. The number of carbonyl (C=O) groups is 1. The van der Waals surface area contributed by atoms with Gasteiger partial charge in [0.1, 0.15) is 0 Å². The van der Waals surface area contributed by atoms with E-state index in [0.717, 1.165) is 16.1 Å². The van der Waals surface area contributed by atoms with Crippen LogP contribution < -0.4 is 10.2 Å². The molecule has 0 saturated carbocycles. The highest BCUT2D eigenvalue weighted by atomic mass is 32.1. The molecule has 130 valence electrons. The number of thiazole rings is 1. The van der Waals surface area contributed by atoms with Gasteiger partial charge in [-0.05, 0) is 32.0 Å². The van der Waals surface area contributed by atoms with Gasteiger partial charge >= 0.3 is 6.09 Å². The smallest absolute Gasteiger partial charge is 0.406 e. The molecule has 0 aliphatic heterocycles. The molecule has 0 bridgehead atoms. The molecule has 4 rings (SSSR count). The summed E-state index contributed by atoms with van der Waals surface area (Å²) in [5.41, 5.74) is 4.71. The molecule has 8 nitrogen and oxygen atoms in total. The van der Waals surface area contributed by atoms with Crippen LogP contribution in [0.3, 0.4) is 0 Å². The number of pyridine rings is 1. The third kappa shape index (κ3) is 3.11. The van der Waals surface area contributed by atoms with Crippen LogP contribution in [0.4, 0.5) is 4.79 Å². The molecule has 26 heavy (non-hydrogen) atoms. The summed E-state index contributed by atoms with van der Waals surface area (Å²) in [5, 5.41) is 3.57. The Hall–Kier alpha value is -3.33. The highest BCUT2D eigenvalue weighted by molar-refractivity contribution is 7.13. The van der Waals surface area contributed by atoms with Crippen LogP contribution in [0.5, 0.6) is 5.75 Å². The lowest BCUT2D eigenvalue weighted by Gasteiger charge is -2.09. The first-order chi connectivity index (χ1) is 12.6. The average Bonchev–Trinajstić information content (AvgIpc) is 3.24. The number of ether oxygens (including phenoxy) is 1. The average molecular weight is 366 g/mol. The van der Waals surface area contributed by atoms with Crippen LogP contribution >= 0.6 is 11.3 Å². The fourth-order valence-electron chi connectivity index (χ4n) is 2.39. The molecule has 1 amide bonds. The molecule has 0 radical (unpaired) electrons. The quantitative estimate of drug-likeness (QED) is 0.598. The molecule has 0 atom stereocenters. The fraction of sp³-hybridized carbons (Fsp3) is 0.118. The Labute approximate surface area is 152 Å². The molecule has 0 fully saturated rings. The standard InChI is InChI=1S/C17H14N6O2S/c1-10-9-26-16(20-10)14-19-8-13(11(2)21-14)25-17(24)22-23-7-5-12-4-3-6-18-15(12)23/h3-9H,1-2H3,(H,22,24). The molecule has 0 aromatic carbocycles. The molecule has 4 aromatic heterocycles. The number of fused-ring (bicyclic) bond motifs is 1. The number of nitrogens with zero attached hydrogens (tertiary/aromatic N) is 5. The second kappa shape index (κ2) is 6.52. The van der Waals surface area contributed by atoms with Crippen LogP contribution in [-0.2, 0) is 0 Å². The lowest BCUT2D eigenvalue weighted by atomic mass is 10.3. The minimum atomic E-state index is -0.655. The molecular formula is C17H14N6O2S. The Morgan fingerprint density at radius 2 is 2.12 bits per heavy atom. The van der Waals surface area contributed by atoms with E-state index in [9.17, 15) is 4.79 Å². The van der Waals surface area contributed by atoms with Crippen LogP contribution in [-0.4, -0.2) is 30.7 Å². The Morgan fingerprint density at radius 1 is 1.23 bits per heavy atom. The maximum Gasteiger partial charge on any atom is 0.432 e. The zero-order valence-corrected chi connectivity index (χ0v) is 14.8. The van der Waals surface area contributed by atoms with Crippen molar-refractivity contribution >= 4 is 28.5 Å². The van der Waals surface area contributed by atoms with E-state index in [1.54, 1.807) is 19.3 Å². The molecule has 1 N–H and O–H groups in total. The monoisotopic (exact) mass is 366 g/mol. The van der Waals surface area contributed by atoms with Gasteiger partial charge in [0.25, 0.3) is 0 Å². The Bertz CT molecular complexity index is 1100. The van der Waals surface area contributed by atoms with Gasteiger partial charge in [0, 0.05) is 28.9 Å². The van der Waals surface area contributed by atoms with E-state index in [2.05, 4.69) is 25.4 Å². The Morgan fingerprint density at radius 3 is 2.88 bits per heavy atom. The van der Waals surface area contributed by atoms with Crippen LogP contribution in [0.25, 0.3) is 21.9 Å². The van der Waals surface area contributed by atoms with Gasteiger partial charge in [0.15, 0.2) is 22.2 Å². The van der Waals surface area contributed by atoms with Crippen LogP contribution in [0.15, 0.2) is 42.2 Å². The molecule has 4 heterocycles. The van der Waals surface area contributed by atoms with E-state index in [0.29, 0.717) is 17.2 Å². The molecule has 0 aliphatic rings. The summed E-state index contributed by atoms with van der Waals surface area (Å²) in [5.74, 6) is 0.790. The first-order valence-electron chi connectivity index (χ1n) is 7.77. The lowest BCUT2D eigenvalue weighted by molar-refractivity contribution is 0.211. The normalized spacial score (nSPS) is 10.8. The first kappa shape index (κ1) is 16.2. The third-order valence-corrected chi connectivity index (χ3v) is 4.56. The van der Waals surface area contributed by atoms with E-state index in [1.807, 2.05) is 30.5 Å². The lowest BCUT2D eigenvalue weighted by Crippen LogP contribution is -2.26. The topological polar surface area (TPSA) is 94.8 Å². The number of rotatable bonds is 3. The predicted octanol–water partition coefficient (Wildman–Crippen LogP) is 3.31. The third-order valence-electron chi connectivity index (χ3n) is 3.61. The second-order valence-corrected chi connectivity index (χ2v) is 6.40. The Balaban J connectivity index is 1.50. The van der Waals surface area contributed by atoms with Crippen molar-refractivity contribution in [1.82, 2.24) is 24.6 Å². The van der Waals surface area contributed by atoms with Gasteiger partial charge in [-0.15, -0.1) is 11.3 Å². The minimum absolute atomic E-state index is 0.281. The van der Waals surface area contributed by atoms with E-state index < -0.39 is 6.09 Å². The second-order valence-electron chi connectivity index (χ2n) is 5.54. The zero-order valence-electron chi connectivity index (χ0n) is 14.0. The number of nitrogens with one attached hydrogen (secondary N) is 1. The van der Waals surface area contributed by atoms with Gasteiger partial charge in [-0.25, -0.2) is 34.8 Å². The van der Waals surface area contributed by atoms with Crippen LogP contribution in [0.1, 0.15) is 11.4 Å². The van der Waals surface area contributed by atoms with Crippen molar-refractivity contribution in [2.75, 3.05) is 5.43 Å². The highest BCUT2D eigenvalue weighted by Crippen LogP contribution is 2.23. The van der Waals surface area contributed by atoms with Crippen molar-refractivity contribution in [3.05, 3.63) is 53.6 Å². The summed E-state index contributed by atoms with van der Waals surface area (Å²) in [7, 11) is 0. The molecule has 4 aromatic rings. The van der Waals surface area contributed by atoms with Crippen LogP contribution in [0, 0.1) is 13.8 Å². The van der Waals surface area contributed by atoms with Crippen molar-refractivity contribution in [2.24, 2.45) is 0 Å². The van der Waals surface area contributed by atoms with Gasteiger partial charge in [-0.2, -0.15) is 0 Å². The maximum absolute atomic E-state index is 12.2. The summed E-state index contributed by atoms with van der Waals surface area (Å²) in [6.45, 7) is 3.66. The summed E-state index contributed by atoms with van der Waals surface area (Å²) >= 11 is 1.47. The van der Waals surface area contributed by atoms with Gasteiger partial charge in [0.2, 0.25) is 0 Å².